The summed E-state index contributed by atoms with van der Waals surface area (Å²) in [5, 5.41) is 6.81. The van der Waals surface area contributed by atoms with E-state index in [9.17, 15) is 4.79 Å². The van der Waals surface area contributed by atoms with Crippen LogP contribution in [0.3, 0.4) is 0 Å². The van der Waals surface area contributed by atoms with Crippen LogP contribution in [0.1, 0.15) is 21.5 Å². The van der Waals surface area contributed by atoms with Crippen LogP contribution in [0.15, 0.2) is 54.9 Å². The summed E-state index contributed by atoms with van der Waals surface area (Å²) >= 11 is 0. The molecule has 0 saturated carbocycles. The largest absolute Gasteiger partial charge is 0.497 e. The normalized spacial score (nSPS) is 13.6. The van der Waals surface area contributed by atoms with Crippen LogP contribution in [0.4, 0.5) is 0 Å². The number of carbonyl (C=O) groups excluding carboxylic acids is 1. The van der Waals surface area contributed by atoms with E-state index in [-0.39, 0.29) is 5.91 Å². The molecule has 5 nitrogen and oxygen atoms in total. The van der Waals surface area contributed by atoms with Gasteiger partial charge in [0.25, 0.3) is 5.91 Å². The topological polar surface area (TPSA) is 58.2 Å². The van der Waals surface area contributed by atoms with E-state index in [1.165, 1.54) is 0 Å². The van der Waals surface area contributed by atoms with Crippen molar-refractivity contribution in [2.24, 2.45) is 0 Å². The SMILES string of the molecule is COc1cccc(CN2CCc3cc(-c4cn[nH]c4)ccc3C2=O)c1. The molecule has 1 aliphatic heterocycles. The molecule has 0 unspecified atom stereocenters. The summed E-state index contributed by atoms with van der Waals surface area (Å²) in [6.45, 7) is 1.32. The molecule has 25 heavy (non-hydrogen) atoms. The van der Waals surface area contributed by atoms with Gasteiger partial charge in [0, 0.05) is 30.4 Å². The molecule has 126 valence electrons. The van der Waals surface area contributed by atoms with Crippen molar-refractivity contribution < 1.29 is 9.53 Å². The highest BCUT2D eigenvalue weighted by atomic mass is 16.5. The van der Waals surface area contributed by atoms with Gasteiger partial charge in [-0.2, -0.15) is 5.10 Å². The third kappa shape index (κ3) is 3.01. The van der Waals surface area contributed by atoms with Gasteiger partial charge in [0.1, 0.15) is 5.75 Å². The van der Waals surface area contributed by atoms with E-state index in [1.54, 1.807) is 13.3 Å². The van der Waals surface area contributed by atoms with E-state index in [2.05, 4.69) is 16.3 Å². The molecule has 0 atom stereocenters. The molecule has 1 N–H and O–H groups in total. The lowest BCUT2D eigenvalue weighted by atomic mass is 9.94. The predicted octanol–water partition coefficient (Wildman–Crippen LogP) is 3.28. The number of benzene rings is 2. The molecule has 2 aromatic carbocycles. The zero-order valence-electron chi connectivity index (χ0n) is 14.0. The van der Waals surface area contributed by atoms with Gasteiger partial charge < -0.3 is 9.64 Å². The summed E-state index contributed by atoms with van der Waals surface area (Å²) in [7, 11) is 1.65. The molecule has 1 aromatic heterocycles. The van der Waals surface area contributed by atoms with Crippen LogP contribution in [-0.4, -0.2) is 34.7 Å². The van der Waals surface area contributed by atoms with Gasteiger partial charge >= 0.3 is 0 Å². The lowest BCUT2D eigenvalue weighted by Gasteiger charge is -2.29. The average Bonchev–Trinajstić information content (AvgIpc) is 3.19. The van der Waals surface area contributed by atoms with E-state index in [1.807, 2.05) is 47.5 Å². The fraction of sp³-hybridized carbons (Fsp3) is 0.200. The second-order valence-corrected chi connectivity index (χ2v) is 6.19. The van der Waals surface area contributed by atoms with Crippen molar-refractivity contribution >= 4 is 5.91 Å². The molecular weight excluding hydrogens is 314 g/mol. The van der Waals surface area contributed by atoms with Gasteiger partial charge in [0.05, 0.1) is 13.3 Å². The molecule has 1 aliphatic rings. The number of aromatic amines is 1. The van der Waals surface area contributed by atoms with Crippen molar-refractivity contribution in [2.75, 3.05) is 13.7 Å². The standard InChI is InChI=1S/C20H19N3O2/c1-25-18-4-2-3-14(9-18)13-23-8-7-16-10-15(17-11-21-22-12-17)5-6-19(16)20(23)24/h2-6,9-12H,7-8,13H2,1H3,(H,21,22). The molecule has 1 amide bonds. The first-order valence-corrected chi connectivity index (χ1v) is 8.29. The lowest BCUT2D eigenvalue weighted by molar-refractivity contribution is 0.0727. The summed E-state index contributed by atoms with van der Waals surface area (Å²) in [6.07, 6.45) is 4.51. The Kier molecular flexibility index (Phi) is 3.98. The smallest absolute Gasteiger partial charge is 0.254 e. The number of amides is 1. The minimum Gasteiger partial charge on any atom is -0.497 e. The van der Waals surface area contributed by atoms with Crippen LogP contribution in [0.2, 0.25) is 0 Å². The van der Waals surface area contributed by atoms with Gasteiger partial charge in [-0.05, 0) is 41.3 Å². The second kappa shape index (κ2) is 6.43. The molecular formula is C20H19N3O2. The summed E-state index contributed by atoms with van der Waals surface area (Å²) in [5.74, 6) is 0.898. The van der Waals surface area contributed by atoms with Crippen molar-refractivity contribution in [3.05, 3.63) is 71.5 Å². The van der Waals surface area contributed by atoms with E-state index >= 15 is 0 Å². The van der Waals surface area contributed by atoms with Gasteiger partial charge in [-0.15, -0.1) is 0 Å². The molecule has 0 saturated heterocycles. The highest BCUT2D eigenvalue weighted by molar-refractivity contribution is 5.97. The van der Waals surface area contributed by atoms with Crippen LogP contribution in [0, 0.1) is 0 Å². The third-order valence-electron chi connectivity index (χ3n) is 4.61. The van der Waals surface area contributed by atoms with Crippen molar-refractivity contribution in [1.29, 1.82) is 0 Å². The minimum atomic E-state index is 0.0859. The number of methoxy groups -OCH3 is 1. The minimum absolute atomic E-state index is 0.0859. The second-order valence-electron chi connectivity index (χ2n) is 6.19. The van der Waals surface area contributed by atoms with Crippen LogP contribution in [0.25, 0.3) is 11.1 Å². The Morgan fingerprint density at radius 1 is 1.20 bits per heavy atom. The van der Waals surface area contributed by atoms with Crippen molar-refractivity contribution in [3.8, 4) is 16.9 Å². The Bertz CT molecular complexity index is 903. The molecule has 0 spiro atoms. The van der Waals surface area contributed by atoms with Crippen LogP contribution in [-0.2, 0) is 13.0 Å². The summed E-state index contributed by atoms with van der Waals surface area (Å²) < 4.78 is 5.26. The number of hydrogen-bond donors (Lipinski definition) is 1. The number of H-pyrrole nitrogens is 1. The maximum Gasteiger partial charge on any atom is 0.254 e. The monoisotopic (exact) mass is 333 g/mol. The highest BCUT2D eigenvalue weighted by Crippen LogP contribution is 2.27. The maximum atomic E-state index is 12.8. The van der Waals surface area contributed by atoms with Gasteiger partial charge in [0.2, 0.25) is 0 Å². The Morgan fingerprint density at radius 3 is 2.92 bits per heavy atom. The average molecular weight is 333 g/mol. The molecule has 5 heteroatoms. The number of carbonyl (C=O) groups is 1. The van der Waals surface area contributed by atoms with E-state index in [0.29, 0.717) is 6.54 Å². The zero-order valence-corrected chi connectivity index (χ0v) is 14.0. The molecule has 0 radical (unpaired) electrons. The molecule has 0 aliphatic carbocycles. The number of fused-ring (bicyclic) bond motifs is 1. The van der Waals surface area contributed by atoms with Gasteiger partial charge in [0.15, 0.2) is 0 Å². The van der Waals surface area contributed by atoms with E-state index < -0.39 is 0 Å². The first kappa shape index (κ1) is 15.4. The molecule has 4 rings (SSSR count). The lowest BCUT2D eigenvalue weighted by Crippen LogP contribution is -2.37. The first-order valence-electron chi connectivity index (χ1n) is 8.29. The van der Waals surface area contributed by atoms with Crippen molar-refractivity contribution in [1.82, 2.24) is 15.1 Å². The van der Waals surface area contributed by atoms with E-state index in [4.69, 9.17) is 4.74 Å². The molecule has 2 heterocycles. The quantitative estimate of drug-likeness (QED) is 0.797. The fourth-order valence-corrected chi connectivity index (χ4v) is 3.27. The van der Waals surface area contributed by atoms with E-state index in [0.717, 1.165) is 46.5 Å². The number of nitrogens with zero attached hydrogens (tertiary/aromatic N) is 2. The van der Waals surface area contributed by atoms with Crippen molar-refractivity contribution in [2.45, 2.75) is 13.0 Å². The Hall–Kier alpha value is -3.08. The third-order valence-corrected chi connectivity index (χ3v) is 4.61. The summed E-state index contributed by atoms with van der Waals surface area (Å²) in [6, 6.07) is 13.9. The summed E-state index contributed by atoms with van der Waals surface area (Å²) in [4.78, 5) is 14.7. The fourth-order valence-electron chi connectivity index (χ4n) is 3.27. The molecule has 0 bridgehead atoms. The van der Waals surface area contributed by atoms with Crippen LogP contribution < -0.4 is 4.74 Å². The van der Waals surface area contributed by atoms with Gasteiger partial charge in [-0.3, -0.25) is 9.89 Å². The number of ether oxygens (including phenoxy) is 1. The predicted molar refractivity (Wildman–Crippen MR) is 95.5 cm³/mol. The number of rotatable bonds is 4. The summed E-state index contributed by atoms with van der Waals surface area (Å²) in [5.41, 5.74) is 5.09. The van der Waals surface area contributed by atoms with Gasteiger partial charge in [-0.1, -0.05) is 24.3 Å². The maximum absolute atomic E-state index is 12.8. The van der Waals surface area contributed by atoms with Gasteiger partial charge in [-0.25, -0.2) is 0 Å². The van der Waals surface area contributed by atoms with Crippen molar-refractivity contribution in [3.63, 3.8) is 0 Å². The molecule has 0 fully saturated rings. The Morgan fingerprint density at radius 2 is 2.12 bits per heavy atom. The number of nitrogens with one attached hydrogen (secondary N) is 1. The number of aromatic nitrogens is 2. The zero-order chi connectivity index (χ0) is 17.2. The Labute approximate surface area is 146 Å². The van der Waals surface area contributed by atoms with Crippen LogP contribution in [0.5, 0.6) is 5.75 Å². The number of hydrogen-bond acceptors (Lipinski definition) is 3. The Balaban J connectivity index is 1.57. The van der Waals surface area contributed by atoms with Crippen LogP contribution >= 0.6 is 0 Å². The highest BCUT2D eigenvalue weighted by Gasteiger charge is 2.24. The molecule has 3 aromatic rings. The first-order chi connectivity index (χ1) is 12.2.